The predicted octanol–water partition coefficient (Wildman–Crippen LogP) is 5.49. The van der Waals surface area contributed by atoms with Crippen molar-refractivity contribution in [3.63, 3.8) is 0 Å². The number of phenolic OH excluding ortho intramolecular Hbond substituents is 1. The first-order valence-electron chi connectivity index (χ1n) is 8.00. The van der Waals surface area contributed by atoms with Gasteiger partial charge in [-0.1, -0.05) is 78.3 Å². The number of nitrogens with one attached hydrogen (secondary N) is 1. The Balaban J connectivity index is 1.97. The molecule has 0 aliphatic heterocycles. The summed E-state index contributed by atoms with van der Waals surface area (Å²) < 4.78 is 0. The second-order valence-electron chi connectivity index (χ2n) is 5.81. The smallest absolute Gasteiger partial charge is 0.120 e. The zero-order valence-corrected chi connectivity index (χ0v) is 14.2. The van der Waals surface area contributed by atoms with E-state index >= 15 is 0 Å². The van der Waals surface area contributed by atoms with Gasteiger partial charge in [-0.05, 0) is 30.2 Å². The van der Waals surface area contributed by atoms with Crippen molar-refractivity contribution in [3.8, 4) is 5.75 Å². The Morgan fingerprint density at radius 1 is 0.792 bits per heavy atom. The standard InChI is InChI=1S/C21H20ClNO/c1-15(17-11-5-7-13-19(17)22)23-21(16-9-3-2-4-10-16)18-12-6-8-14-20(18)24/h2-15,21,23-24H,1H3/t15-,21-/m0/s1. The Bertz CT molecular complexity index is 804. The number of phenols is 1. The largest absolute Gasteiger partial charge is 0.508 e. The molecule has 0 aromatic heterocycles. The Morgan fingerprint density at radius 3 is 2.04 bits per heavy atom. The van der Waals surface area contributed by atoms with Crippen molar-refractivity contribution < 1.29 is 5.11 Å². The van der Waals surface area contributed by atoms with Crippen molar-refractivity contribution in [2.45, 2.75) is 19.0 Å². The maximum Gasteiger partial charge on any atom is 0.120 e. The third kappa shape index (κ3) is 3.61. The number of halogens is 1. The second kappa shape index (κ2) is 7.52. The highest BCUT2D eigenvalue weighted by Crippen LogP contribution is 2.32. The number of hydrogen-bond acceptors (Lipinski definition) is 2. The van der Waals surface area contributed by atoms with Crippen molar-refractivity contribution in [1.29, 1.82) is 0 Å². The third-order valence-electron chi connectivity index (χ3n) is 4.17. The van der Waals surface area contributed by atoms with Gasteiger partial charge in [0.05, 0.1) is 6.04 Å². The molecule has 0 aliphatic rings. The second-order valence-corrected chi connectivity index (χ2v) is 6.22. The lowest BCUT2D eigenvalue weighted by Gasteiger charge is -2.25. The molecule has 3 aromatic carbocycles. The van der Waals surface area contributed by atoms with E-state index in [-0.39, 0.29) is 17.8 Å². The lowest BCUT2D eigenvalue weighted by atomic mass is 9.96. The van der Waals surface area contributed by atoms with Gasteiger partial charge < -0.3 is 5.11 Å². The van der Waals surface area contributed by atoms with Crippen LogP contribution in [0.15, 0.2) is 78.9 Å². The molecule has 0 aliphatic carbocycles. The van der Waals surface area contributed by atoms with Gasteiger partial charge in [0.2, 0.25) is 0 Å². The number of benzene rings is 3. The summed E-state index contributed by atoms with van der Waals surface area (Å²) in [5.41, 5.74) is 2.98. The Labute approximate surface area is 147 Å². The minimum atomic E-state index is -0.126. The van der Waals surface area contributed by atoms with E-state index in [1.165, 1.54) is 0 Å². The van der Waals surface area contributed by atoms with Crippen LogP contribution in [0.1, 0.15) is 35.7 Å². The van der Waals surface area contributed by atoms with Crippen LogP contribution in [0, 0.1) is 0 Å². The molecule has 122 valence electrons. The zero-order valence-electron chi connectivity index (χ0n) is 13.5. The Hall–Kier alpha value is -2.29. The fourth-order valence-electron chi connectivity index (χ4n) is 2.91. The number of aromatic hydroxyl groups is 1. The van der Waals surface area contributed by atoms with E-state index in [0.29, 0.717) is 0 Å². The number of hydrogen-bond donors (Lipinski definition) is 2. The van der Waals surface area contributed by atoms with E-state index in [0.717, 1.165) is 21.7 Å². The summed E-state index contributed by atoms with van der Waals surface area (Å²) in [5, 5.41) is 14.7. The van der Waals surface area contributed by atoms with Crippen LogP contribution in [0.2, 0.25) is 5.02 Å². The van der Waals surface area contributed by atoms with Crippen LogP contribution in [0.4, 0.5) is 0 Å². The lowest BCUT2D eigenvalue weighted by Crippen LogP contribution is -2.26. The molecule has 0 radical (unpaired) electrons. The first-order valence-corrected chi connectivity index (χ1v) is 8.38. The van der Waals surface area contributed by atoms with Crippen molar-refractivity contribution in [2.75, 3.05) is 0 Å². The first kappa shape index (κ1) is 16.6. The van der Waals surface area contributed by atoms with Crippen LogP contribution >= 0.6 is 11.6 Å². The summed E-state index contributed by atoms with van der Waals surface area (Å²) in [5.74, 6) is 0.283. The average Bonchev–Trinajstić information content (AvgIpc) is 2.61. The summed E-state index contributed by atoms with van der Waals surface area (Å²) in [4.78, 5) is 0. The van der Waals surface area contributed by atoms with E-state index in [9.17, 15) is 5.11 Å². The van der Waals surface area contributed by atoms with Gasteiger partial charge >= 0.3 is 0 Å². The lowest BCUT2D eigenvalue weighted by molar-refractivity contribution is 0.447. The maximum absolute atomic E-state index is 10.3. The highest BCUT2D eigenvalue weighted by atomic mass is 35.5. The van der Waals surface area contributed by atoms with Gasteiger partial charge in [0, 0.05) is 16.6 Å². The minimum absolute atomic E-state index is 0.0310. The van der Waals surface area contributed by atoms with E-state index in [1.807, 2.05) is 60.7 Å². The van der Waals surface area contributed by atoms with Crippen molar-refractivity contribution >= 4 is 11.6 Å². The highest BCUT2D eigenvalue weighted by molar-refractivity contribution is 6.31. The molecule has 2 nitrogen and oxygen atoms in total. The molecule has 0 saturated carbocycles. The summed E-state index contributed by atoms with van der Waals surface area (Å²) in [6.07, 6.45) is 0. The molecule has 24 heavy (non-hydrogen) atoms. The molecule has 0 amide bonds. The van der Waals surface area contributed by atoms with E-state index in [2.05, 4.69) is 24.4 Å². The zero-order chi connectivity index (χ0) is 16.9. The summed E-state index contributed by atoms with van der Waals surface area (Å²) in [6, 6.07) is 25.3. The summed E-state index contributed by atoms with van der Waals surface area (Å²) >= 11 is 6.34. The normalized spacial score (nSPS) is 13.4. The molecular formula is C21H20ClNO. The quantitative estimate of drug-likeness (QED) is 0.645. The summed E-state index contributed by atoms with van der Waals surface area (Å²) in [7, 11) is 0. The molecular weight excluding hydrogens is 318 g/mol. The fourth-order valence-corrected chi connectivity index (χ4v) is 3.21. The Morgan fingerprint density at radius 2 is 1.38 bits per heavy atom. The molecule has 3 aromatic rings. The predicted molar refractivity (Wildman–Crippen MR) is 99.4 cm³/mol. The average molecular weight is 338 g/mol. The van der Waals surface area contributed by atoms with Crippen LogP contribution in [-0.4, -0.2) is 5.11 Å². The molecule has 0 bridgehead atoms. The minimum Gasteiger partial charge on any atom is -0.508 e. The van der Waals surface area contributed by atoms with Gasteiger partial charge in [-0.15, -0.1) is 0 Å². The van der Waals surface area contributed by atoms with Gasteiger partial charge in [-0.3, -0.25) is 5.32 Å². The Kier molecular flexibility index (Phi) is 5.19. The molecule has 0 fully saturated rings. The number of rotatable bonds is 5. The monoisotopic (exact) mass is 337 g/mol. The third-order valence-corrected chi connectivity index (χ3v) is 4.51. The maximum atomic E-state index is 10.3. The van der Waals surface area contributed by atoms with Crippen molar-refractivity contribution in [2.24, 2.45) is 0 Å². The molecule has 2 N–H and O–H groups in total. The molecule has 0 saturated heterocycles. The van der Waals surface area contributed by atoms with Gasteiger partial charge in [0.25, 0.3) is 0 Å². The topological polar surface area (TPSA) is 32.3 Å². The number of para-hydroxylation sites is 1. The van der Waals surface area contributed by atoms with Crippen LogP contribution in [0.5, 0.6) is 5.75 Å². The SMILES string of the molecule is C[C@H](N[C@@H](c1ccccc1)c1ccccc1O)c1ccccc1Cl. The van der Waals surface area contributed by atoms with E-state index < -0.39 is 0 Å². The molecule has 0 heterocycles. The van der Waals surface area contributed by atoms with Gasteiger partial charge in [-0.2, -0.15) is 0 Å². The highest BCUT2D eigenvalue weighted by Gasteiger charge is 2.20. The molecule has 2 atom stereocenters. The van der Waals surface area contributed by atoms with Gasteiger partial charge in [-0.25, -0.2) is 0 Å². The summed E-state index contributed by atoms with van der Waals surface area (Å²) in [6.45, 7) is 2.08. The van der Waals surface area contributed by atoms with Gasteiger partial charge in [0.15, 0.2) is 0 Å². The first-order chi connectivity index (χ1) is 11.7. The molecule has 3 heteroatoms. The van der Waals surface area contributed by atoms with Crippen LogP contribution < -0.4 is 5.32 Å². The van der Waals surface area contributed by atoms with Crippen LogP contribution in [0.3, 0.4) is 0 Å². The van der Waals surface area contributed by atoms with Crippen molar-refractivity contribution in [1.82, 2.24) is 5.32 Å². The van der Waals surface area contributed by atoms with E-state index in [1.54, 1.807) is 6.07 Å². The van der Waals surface area contributed by atoms with Gasteiger partial charge in [0.1, 0.15) is 5.75 Å². The van der Waals surface area contributed by atoms with Crippen molar-refractivity contribution in [3.05, 3.63) is 101 Å². The fraction of sp³-hybridized carbons (Fsp3) is 0.143. The molecule has 3 rings (SSSR count). The van der Waals surface area contributed by atoms with E-state index in [4.69, 9.17) is 11.6 Å². The van der Waals surface area contributed by atoms with Crippen LogP contribution in [0.25, 0.3) is 0 Å². The molecule has 0 spiro atoms. The van der Waals surface area contributed by atoms with Crippen LogP contribution in [-0.2, 0) is 0 Å². The molecule has 0 unspecified atom stereocenters.